The molecule has 4 heteroatoms. The van der Waals surface area contributed by atoms with Crippen LogP contribution in [-0.4, -0.2) is 13.1 Å². The summed E-state index contributed by atoms with van der Waals surface area (Å²) in [5.41, 5.74) is 9.21. The van der Waals surface area contributed by atoms with Gasteiger partial charge in [0.25, 0.3) is 0 Å². The van der Waals surface area contributed by atoms with E-state index < -0.39 is 12.0 Å². The Morgan fingerprint density at radius 2 is 2.08 bits per heavy atom. The first-order valence-electron chi connectivity index (χ1n) is 3.76. The molecule has 68 valence electrons. The highest BCUT2D eigenvalue weighted by molar-refractivity contribution is 5.77. The third-order valence-corrected chi connectivity index (χ3v) is 1.66. The lowest BCUT2D eigenvalue weighted by molar-refractivity contribution is -0.142. The molecule has 0 fully saturated rings. The van der Waals surface area contributed by atoms with Gasteiger partial charge in [0, 0.05) is 0 Å². The fourth-order valence-corrected chi connectivity index (χ4v) is 0.997. The van der Waals surface area contributed by atoms with Crippen molar-refractivity contribution >= 4 is 5.97 Å². The van der Waals surface area contributed by atoms with Crippen LogP contribution in [0.1, 0.15) is 11.6 Å². The molecule has 0 aliphatic rings. The van der Waals surface area contributed by atoms with Gasteiger partial charge in [0.05, 0.1) is 7.11 Å². The van der Waals surface area contributed by atoms with E-state index in [-0.39, 0.29) is 0 Å². The Balaban J connectivity index is 2.91. The van der Waals surface area contributed by atoms with Gasteiger partial charge in [-0.25, -0.2) is 4.79 Å². The number of hydrogen-bond donors (Lipinski definition) is 0. The van der Waals surface area contributed by atoms with Gasteiger partial charge in [-0.1, -0.05) is 30.3 Å². The third-order valence-electron chi connectivity index (χ3n) is 1.66. The minimum atomic E-state index is -0.939. The number of nitrogens with zero attached hydrogens (tertiary/aromatic N) is 2. The van der Waals surface area contributed by atoms with E-state index in [1.807, 2.05) is 6.07 Å². The monoisotopic (exact) mass is 177 g/mol. The first kappa shape index (κ1) is 9.38. The molecule has 1 aromatic carbocycles. The quantitative estimate of drug-likeness (QED) is 0.523. The third kappa shape index (κ3) is 2.11. The number of methoxy groups -OCH3 is 1. The Hall–Kier alpha value is -1.71. The van der Waals surface area contributed by atoms with E-state index >= 15 is 0 Å². The molecule has 0 saturated heterocycles. The van der Waals surface area contributed by atoms with Gasteiger partial charge in [0.2, 0.25) is 0 Å². The van der Waals surface area contributed by atoms with E-state index in [1.165, 1.54) is 7.11 Å². The molecule has 1 aromatic rings. The number of carbonyl (C=O) groups excluding carboxylic acids is 1. The Kier molecular flexibility index (Phi) is 3.14. The number of hydrogen-bond acceptors (Lipinski definition) is 3. The van der Waals surface area contributed by atoms with E-state index in [4.69, 9.17) is 5.53 Å². The van der Waals surface area contributed by atoms with Gasteiger partial charge >= 0.3 is 5.97 Å². The lowest BCUT2D eigenvalue weighted by atomic mass is 10.1. The lowest BCUT2D eigenvalue weighted by Gasteiger charge is -2.12. The maximum Gasteiger partial charge on any atom is 0.333 e. The first-order chi connectivity index (χ1) is 6.29. The second-order valence-corrected chi connectivity index (χ2v) is 2.45. The smallest absolute Gasteiger partial charge is 0.333 e. The van der Waals surface area contributed by atoms with Gasteiger partial charge in [0.1, 0.15) is 0 Å². The molecule has 1 rings (SSSR count). The Labute approximate surface area is 76.0 Å². The number of benzene rings is 1. The molecule has 0 N–H and O–H groups in total. The highest BCUT2D eigenvalue weighted by Crippen LogP contribution is 2.17. The Morgan fingerprint density at radius 3 is 2.54 bits per heavy atom. The first-order valence-corrected chi connectivity index (χ1v) is 3.76. The molecule has 0 spiro atoms. The molecule has 4 nitrogen and oxygen atoms in total. The molecule has 0 radical (unpaired) electrons. The molecule has 1 atom stereocenters. The van der Waals surface area contributed by atoms with Gasteiger partial charge in [-0.05, 0) is 5.56 Å². The van der Waals surface area contributed by atoms with Crippen molar-refractivity contribution in [3.63, 3.8) is 0 Å². The summed E-state index contributed by atoms with van der Waals surface area (Å²) in [4.78, 5) is 11.1. The fraction of sp³-hybridized carbons (Fsp3) is 0.222. The maximum absolute atomic E-state index is 11.1. The van der Waals surface area contributed by atoms with Crippen LogP contribution in [0.3, 0.4) is 0 Å². The zero-order valence-corrected chi connectivity index (χ0v) is 7.18. The summed E-state index contributed by atoms with van der Waals surface area (Å²) in [6.45, 7) is 0. The molecule has 13 heavy (non-hydrogen) atoms. The number of carbonyl (C=O) groups is 1. The average molecular weight is 177 g/mol. The van der Waals surface area contributed by atoms with Crippen LogP contribution in [0.4, 0.5) is 0 Å². The molecule has 0 heterocycles. The second kappa shape index (κ2) is 4.35. The summed E-state index contributed by atoms with van der Waals surface area (Å²) in [7, 11) is 1.25. The van der Waals surface area contributed by atoms with Gasteiger partial charge in [-0.15, -0.1) is 0 Å². The molecule has 0 aliphatic carbocycles. The van der Waals surface area contributed by atoms with Crippen LogP contribution in [0.5, 0.6) is 0 Å². The summed E-state index contributed by atoms with van der Waals surface area (Å²) >= 11 is 0. The highest BCUT2D eigenvalue weighted by Gasteiger charge is 2.16. The van der Waals surface area contributed by atoms with Crippen LogP contribution in [-0.2, 0) is 9.53 Å². The lowest BCUT2D eigenvalue weighted by Crippen LogP contribution is -2.11. The van der Waals surface area contributed by atoms with Crippen molar-refractivity contribution in [3.8, 4) is 0 Å². The molecular weight excluding hydrogens is 168 g/mol. The summed E-state index contributed by atoms with van der Waals surface area (Å²) in [5, 5.41) is 2.95. The SMILES string of the molecule is COC(=O)[C@@H](N=[N-])c1ccccc1. The van der Waals surface area contributed by atoms with Crippen LogP contribution in [0, 0.1) is 0 Å². The molecular formula is C9H9N2O2-. The summed E-state index contributed by atoms with van der Waals surface area (Å²) in [6.07, 6.45) is 0. The number of esters is 1. The van der Waals surface area contributed by atoms with Crippen molar-refractivity contribution in [1.82, 2.24) is 0 Å². The average Bonchev–Trinajstić information content (AvgIpc) is 2.20. The normalized spacial score (nSPS) is 11.8. The van der Waals surface area contributed by atoms with E-state index in [2.05, 4.69) is 9.85 Å². The van der Waals surface area contributed by atoms with Crippen molar-refractivity contribution in [2.45, 2.75) is 6.04 Å². The van der Waals surface area contributed by atoms with E-state index in [9.17, 15) is 4.79 Å². The van der Waals surface area contributed by atoms with Crippen molar-refractivity contribution < 1.29 is 9.53 Å². The fourth-order valence-electron chi connectivity index (χ4n) is 0.997. The molecule has 0 amide bonds. The van der Waals surface area contributed by atoms with Crippen LogP contribution in [0.2, 0.25) is 0 Å². The van der Waals surface area contributed by atoms with Crippen LogP contribution in [0.25, 0.3) is 5.53 Å². The van der Waals surface area contributed by atoms with Crippen LogP contribution < -0.4 is 0 Å². The van der Waals surface area contributed by atoms with Gasteiger partial charge in [0.15, 0.2) is 6.04 Å². The minimum absolute atomic E-state index is 0.575. The van der Waals surface area contributed by atoms with Crippen molar-refractivity contribution in [2.24, 2.45) is 5.11 Å². The zero-order valence-electron chi connectivity index (χ0n) is 7.18. The Bertz CT molecular complexity index is 298. The van der Waals surface area contributed by atoms with Crippen LogP contribution in [0.15, 0.2) is 35.4 Å². The van der Waals surface area contributed by atoms with E-state index in [1.54, 1.807) is 24.3 Å². The van der Waals surface area contributed by atoms with Crippen molar-refractivity contribution in [2.75, 3.05) is 7.11 Å². The largest absolute Gasteiger partial charge is 0.711 e. The molecule has 0 aliphatic heterocycles. The predicted molar refractivity (Wildman–Crippen MR) is 47.0 cm³/mol. The minimum Gasteiger partial charge on any atom is -0.711 e. The van der Waals surface area contributed by atoms with Gasteiger partial charge in [-0.2, -0.15) is 0 Å². The summed E-state index contributed by atoms with van der Waals surface area (Å²) in [5.74, 6) is -0.575. The van der Waals surface area contributed by atoms with Crippen LogP contribution >= 0.6 is 0 Å². The van der Waals surface area contributed by atoms with Crippen molar-refractivity contribution in [3.05, 3.63) is 41.4 Å². The molecule has 0 aromatic heterocycles. The highest BCUT2D eigenvalue weighted by atomic mass is 16.5. The van der Waals surface area contributed by atoms with E-state index in [0.29, 0.717) is 5.56 Å². The molecule has 0 saturated carbocycles. The maximum atomic E-state index is 11.1. The number of ether oxygens (including phenoxy) is 1. The van der Waals surface area contributed by atoms with Gasteiger partial charge in [-0.3, -0.25) is 0 Å². The molecule has 0 bridgehead atoms. The number of rotatable bonds is 3. The summed E-state index contributed by atoms with van der Waals surface area (Å²) < 4.78 is 4.46. The predicted octanol–water partition coefficient (Wildman–Crippen LogP) is 1.92. The zero-order chi connectivity index (χ0) is 9.68. The summed E-state index contributed by atoms with van der Waals surface area (Å²) in [6, 6.07) is 7.79. The standard InChI is InChI=1S/C9H9N2O2/c1-13-9(12)8(11-10)7-5-3-2-4-6-7/h2-6,8H,1H3/q-1/t8-/m0/s1. The topological polar surface area (TPSA) is 61.0 Å². The van der Waals surface area contributed by atoms with Crippen molar-refractivity contribution in [1.29, 1.82) is 0 Å². The Morgan fingerprint density at radius 1 is 1.46 bits per heavy atom. The van der Waals surface area contributed by atoms with Gasteiger partial charge < -0.3 is 15.4 Å². The molecule has 0 unspecified atom stereocenters. The second-order valence-electron chi connectivity index (χ2n) is 2.45. The van der Waals surface area contributed by atoms with E-state index in [0.717, 1.165) is 0 Å².